The van der Waals surface area contributed by atoms with Crippen molar-refractivity contribution in [3.05, 3.63) is 198 Å². The molecule has 3 aliphatic carbocycles. The summed E-state index contributed by atoms with van der Waals surface area (Å²) in [4.78, 5) is 2.43. The van der Waals surface area contributed by atoms with Gasteiger partial charge < -0.3 is 9.47 Å². The van der Waals surface area contributed by atoms with Crippen LogP contribution in [-0.4, -0.2) is 4.57 Å². The van der Waals surface area contributed by atoms with Crippen molar-refractivity contribution in [2.24, 2.45) is 0 Å². The van der Waals surface area contributed by atoms with Crippen molar-refractivity contribution in [2.75, 3.05) is 4.90 Å². The fourth-order valence-electron chi connectivity index (χ4n) is 8.05. The summed E-state index contributed by atoms with van der Waals surface area (Å²) in [5.74, 6) is 0.622. The summed E-state index contributed by atoms with van der Waals surface area (Å²) in [6.45, 7) is 4.72. The summed E-state index contributed by atoms with van der Waals surface area (Å²) in [5.41, 5.74) is 12.7. The maximum atomic E-state index is 2.44. The van der Waals surface area contributed by atoms with Crippen molar-refractivity contribution in [2.45, 2.75) is 37.5 Å². The Morgan fingerprint density at radius 2 is 1.44 bits per heavy atom. The van der Waals surface area contributed by atoms with Crippen molar-refractivity contribution >= 4 is 33.2 Å². The lowest BCUT2D eigenvalue weighted by molar-refractivity contribution is 0.610. The van der Waals surface area contributed by atoms with Crippen LogP contribution >= 0.6 is 0 Å². The van der Waals surface area contributed by atoms with Crippen LogP contribution in [0.25, 0.3) is 27.5 Å². The number of allylic oxidation sites excluding steroid dienone is 9. The fourth-order valence-corrected chi connectivity index (χ4v) is 8.05. The summed E-state index contributed by atoms with van der Waals surface area (Å²) in [6.07, 6.45) is 19.5. The molecule has 0 aliphatic heterocycles. The normalized spacial score (nSPS) is 19.1. The molecule has 48 heavy (non-hydrogen) atoms. The van der Waals surface area contributed by atoms with E-state index in [1.165, 1.54) is 66.8 Å². The predicted molar refractivity (Wildman–Crippen MR) is 203 cm³/mol. The molecule has 0 spiro atoms. The van der Waals surface area contributed by atoms with Gasteiger partial charge in [0, 0.05) is 50.8 Å². The zero-order valence-electron chi connectivity index (χ0n) is 27.4. The Morgan fingerprint density at radius 3 is 2.25 bits per heavy atom. The minimum atomic E-state index is -0.0725. The smallest absolute Gasteiger partial charge is 0.0541 e. The fraction of sp³-hybridized carbons (Fsp3) is 0.130. The van der Waals surface area contributed by atoms with E-state index in [4.69, 9.17) is 0 Å². The van der Waals surface area contributed by atoms with Crippen LogP contribution in [-0.2, 0) is 5.41 Å². The third-order valence-corrected chi connectivity index (χ3v) is 10.6. The largest absolute Gasteiger partial charge is 0.311 e. The van der Waals surface area contributed by atoms with E-state index in [0.29, 0.717) is 11.8 Å². The molecular weight excluding hydrogens is 581 g/mol. The monoisotopic (exact) mass is 618 g/mol. The summed E-state index contributed by atoms with van der Waals surface area (Å²) in [6, 6.07) is 44.4. The number of benzene rings is 5. The molecule has 5 aromatic carbocycles. The number of nitrogens with zero attached hydrogens (tertiary/aromatic N) is 2. The van der Waals surface area contributed by atoms with Crippen LogP contribution in [0.2, 0.25) is 0 Å². The van der Waals surface area contributed by atoms with Crippen LogP contribution in [0.3, 0.4) is 0 Å². The van der Waals surface area contributed by atoms with Crippen LogP contribution in [0.15, 0.2) is 181 Å². The van der Waals surface area contributed by atoms with E-state index in [0.717, 1.165) is 6.42 Å². The van der Waals surface area contributed by atoms with Gasteiger partial charge in [0.05, 0.1) is 11.0 Å². The maximum Gasteiger partial charge on any atom is 0.0541 e. The first-order chi connectivity index (χ1) is 23.6. The van der Waals surface area contributed by atoms with Gasteiger partial charge in [-0.15, -0.1) is 0 Å². The highest BCUT2D eigenvalue weighted by Gasteiger charge is 2.34. The maximum absolute atomic E-state index is 2.44. The van der Waals surface area contributed by atoms with Gasteiger partial charge in [0.1, 0.15) is 0 Å². The molecule has 0 saturated carbocycles. The Hall–Kier alpha value is -5.60. The van der Waals surface area contributed by atoms with Gasteiger partial charge in [-0.3, -0.25) is 0 Å². The van der Waals surface area contributed by atoms with E-state index in [1.54, 1.807) is 0 Å². The highest BCUT2D eigenvalue weighted by molar-refractivity contribution is 6.09. The third kappa shape index (κ3) is 4.63. The van der Waals surface area contributed by atoms with E-state index in [-0.39, 0.29) is 5.41 Å². The quantitative estimate of drug-likeness (QED) is 0.187. The molecule has 1 aromatic heterocycles. The van der Waals surface area contributed by atoms with Crippen molar-refractivity contribution < 1.29 is 0 Å². The average molecular weight is 619 g/mol. The second kappa shape index (κ2) is 11.3. The van der Waals surface area contributed by atoms with Crippen LogP contribution < -0.4 is 4.90 Å². The highest BCUT2D eigenvalue weighted by atomic mass is 15.1. The Morgan fingerprint density at radius 1 is 0.667 bits per heavy atom. The zero-order chi connectivity index (χ0) is 32.2. The molecule has 0 radical (unpaired) electrons. The lowest BCUT2D eigenvalue weighted by Gasteiger charge is -2.37. The SMILES string of the molecule is CC1(C)C2=CC(C=CC=C2)c2ccc(N(C3=CCC(c4ccc5c(c4)c4ccccc4n5-c4ccccc4)C=C3)c3ccccc3)cc21. The third-order valence-electron chi connectivity index (χ3n) is 10.6. The molecule has 2 heteroatoms. The van der Waals surface area contributed by atoms with Gasteiger partial charge in [-0.05, 0) is 89.4 Å². The summed E-state index contributed by atoms with van der Waals surface area (Å²) in [7, 11) is 0. The molecule has 0 amide bonds. The molecule has 2 bridgehead atoms. The number of fused-ring (bicyclic) bond motifs is 6. The van der Waals surface area contributed by atoms with Crippen LogP contribution in [0.5, 0.6) is 0 Å². The van der Waals surface area contributed by atoms with Gasteiger partial charge in [0.2, 0.25) is 0 Å². The first-order valence-electron chi connectivity index (χ1n) is 17.1. The lowest BCUT2D eigenvalue weighted by Crippen LogP contribution is -2.27. The molecule has 0 N–H and O–H groups in total. The summed E-state index contributed by atoms with van der Waals surface area (Å²) >= 11 is 0. The van der Waals surface area contributed by atoms with E-state index in [1.807, 2.05) is 0 Å². The van der Waals surface area contributed by atoms with Crippen LogP contribution in [0.4, 0.5) is 11.4 Å². The van der Waals surface area contributed by atoms with Gasteiger partial charge in [-0.1, -0.05) is 123 Å². The number of aromatic nitrogens is 1. The second-order valence-corrected chi connectivity index (χ2v) is 13.8. The molecule has 2 unspecified atom stereocenters. The number of para-hydroxylation sites is 3. The lowest BCUT2D eigenvalue weighted by atomic mass is 9.68. The van der Waals surface area contributed by atoms with Crippen molar-refractivity contribution in [1.29, 1.82) is 0 Å². The number of hydrogen-bond acceptors (Lipinski definition) is 1. The number of hydrogen-bond donors (Lipinski definition) is 0. The molecule has 2 nitrogen and oxygen atoms in total. The molecule has 0 fully saturated rings. The summed E-state index contributed by atoms with van der Waals surface area (Å²) < 4.78 is 2.39. The first-order valence-corrected chi connectivity index (χ1v) is 17.1. The Bertz CT molecular complexity index is 2340. The van der Waals surface area contributed by atoms with Crippen LogP contribution in [0, 0.1) is 0 Å². The second-order valence-electron chi connectivity index (χ2n) is 13.8. The van der Waals surface area contributed by atoms with E-state index in [9.17, 15) is 0 Å². The minimum Gasteiger partial charge on any atom is -0.311 e. The van der Waals surface area contributed by atoms with Crippen molar-refractivity contribution in [3.63, 3.8) is 0 Å². The molecule has 9 rings (SSSR count). The van der Waals surface area contributed by atoms with Gasteiger partial charge in [-0.25, -0.2) is 0 Å². The Labute approximate surface area is 283 Å². The molecular formula is C46H38N2. The molecule has 6 aromatic rings. The zero-order valence-corrected chi connectivity index (χ0v) is 27.4. The Kier molecular flexibility index (Phi) is 6.72. The molecule has 0 saturated heterocycles. The number of anilines is 2. The van der Waals surface area contributed by atoms with Crippen molar-refractivity contribution in [1.82, 2.24) is 4.57 Å². The van der Waals surface area contributed by atoms with Crippen molar-refractivity contribution in [3.8, 4) is 5.69 Å². The Balaban J connectivity index is 1.08. The minimum absolute atomic E-state index is 0.0725. The van der Waals surface area contributed by atoms with Crippen LogP contribution in [0.1, 0.15) is 48.8 Å². The van der Waals surface area contributed by atoms with Gasteiger partial charge in [0.15, 0.2) is 0 Å². The standard InChI is InChI=1S/C46H38N2/c1-46(2)35-14-10-9-13-34(29-35)40-27-26-39(31-43(40)46)47(36-15-5-3-6-16-36)38-24-21-32(22-25-38)33-23-28-45-42(30-33)41-19-11-12-20-44(41)48(45)37-17-7-4-8-18-37/h3-21,23-32,34H,22H2,1-2H3. The van der Waals surface area contributed by atoms with Gasteiger partial charge in [-0.2, -0.15) is 0 Å². The average Bonchev–Trinajstić information content (AvgIpc) is 3.27. The molecule has 3 aliphatic rings. The van der Waals surface area contributed by atoms with Gasteiger partial charge in [0.25, 0.3) is 0 Å². The first kappa shape index (κ1) is 28.6. The topological polar surface area (TPSA) is 8.17 Å². The van der Waals surface area contributed by atoms with E-state index in [2.05, 4.69) is 193 Å². The summed E-state index contributed by atoms with van der Waals surface area (Å²) in [5, 5.41) is 2.60. The van der Waals surface area contributed by atoms with E-state index < -0.39 is 0 Å². The predicted octanol–water partition coefficient (Wildman–Crippen LogP) is 12.0. The van der Waals surface area contributed by atoms with E-state index >= 15 is 0 Å². The van der Waals surface area contributed by atoms with Gasteiger partial charge >= 0.3 is 0 Å². The molecule has 2 atom stereocenters. The highest BCUT2D eigenvalue weighted by Crippen LogP contribution is 2.47. The number of rotatable bonds is 5. The molecule has 232 valence electrons. The molecule has 1 heterocycles.